The zero-order chi connectivity index (χ0) is 8.97. The lowest BCUT2D eigenvalue weighted by molar-refractivity contribution is 0.469. The Hall–Kier alpha value is -1.24. The van der Waals surface area contributed by atoms with Crippen LogP contribution in [0.25, 0.3) is 6.08 Å². The van der Waals surface area contributed by atoms with Gasteiger partial charge in [0.15, 0.2) is 0 Å². The lowest BCUT2D eigenvalue weighted by Gasteiger charge is -2.01. The highest BCUT2D eigenvalue weighted by Crippen LogP contribution is 2.19. The molecule has 1 N–H and O–H groups in total. The standard InChI is InChI=1S/C11H14O/c1-3-5-9-6-7-11(12)10(4-2)8-9/h3,5-8,12H,4H2,1-2H3. The van der Waals surface area contributed by atoms with Crippen LogP contribution in [0.3, 0.4) is 0 Å². The van der Waals surface area contributed by atoms with Crippen LogP contribution < -0.4 is 0 Å². The monoisotopic (exact) mass is 162 g/mol. The van der Waals surface area contributed by atoms with E-state index >= 15 is 0 Å². The van der Waals surface area contributed by atoms with Gasteiger partial charge in [0.25, 0.3) is 0 Å². The van der Waals surface area contributed by atoms with Crippen LogP contribution in [0.5, 0.6) is 5.75 Å². The Balaban J connectivity index is 3.05. The van der Waals surface area contributed by atoms with Gasteiger partial charge in [-0.05, 0) is 36.6 Å². The fraction of sp³-hybridized carbons (Fsp3) is 0.273. The molecule has 0 saturated heterocycles. The van der Waals surface area contributed by atoms with Crippen molar-refractivity contribution in [2.45, 2.75) is 20.3 Å². The average molecular weight is 162 g/mol. The number of hydrogen-bond acceptors (Lipinski definition) is 1. The quantitative estimate of drug-likeness (QED) is 0.708. The summed E-state index contributed by atoms with van der Waals surface area (Å²) in [5, 5.41) is 9.38. The highest BCUT2D eigenvalue weighted by Gasteiger charge is 1.97. The zero-order valence-electron chi connectivity index (χ0n) is 7.54. The Labute approximate surface area is 73.4 Å². The van der Waals surface area contributed by atoms with Crippen LogP contribution in [-0.2, 0) is 6.42 Å². The molecule has 0 fully saturated rings. The van der Waals surface area contributed by atoms with Crippen LogP contribution in [0, 0.1) is 0 Å². The van der Waals surface area contributed by atoms with Crippen molar-refractivity contribution in [1.82, 2.24) is 0 Å². The van der Waals surface area contributed by atoms with E-state index in [1.807, 2.05) is 38.1 Å². The molecule has 0 radical (unpaired) electrons. The Kier molecular flexibility index (Phi) is 2.92. The molecule has 1 aromatic carbocycles. The first-order chi connectivity index (χ1) is 5.77. The largest absolute Gasteiger partial charge is 0.508 e. The van der Waals surface area contributed by atoms with E-state index in [1.165, 1.54) is 0 Å². The summed E-state index contributed by atoms with van der Waals surface area (Å²) in [6.45, 7) is 4.02. The zero-order valence-corrected chi connectivity index (χ0v) is 7.54. The number of hydrogen-bond donors (Lipinski definition) is 1. The molecule has 0 amide bonds. The molecule has 0 unspecified atom stereocenters. The number of allylic oxidation sites excluding steroid dienone is 1. The lowest BCUT2D eigenvalue weighted by Crippen LogP contribution is -1.82. The van der Waals surface area contributed by atoms with E-state index < -0.39 is 0 Å². The van der Waals surface area contributed by atoms with E-state index in [4.69, 9.17) is 0 Å². The minimum atomic E-state index is 0.394. The van der Waals surface area contributed by atoms with E-state index in [1.54, 1.807) is 6.07 Å². The SMILES string of the molecule is CC=Cc1ccc(O)c(CC)c1. The number of benzene rings is 1. The average Bonchev–Trinajstić information content (AvgIpc) is 2.09. The molecule has 0 heterocycles. The third kappa shape index (κ3) is 1.88. The maximum atomic E-state index is 9.38. The second kappa shape index (κ2) is 3.96. The molecular weight excluding hydrogens is 148 g/mol. The lowest BCUT2D eigenvalue weighted by atomic mass is 10.1. The first-order valence-corrected chi connectivity index (χ1v) is 4.22. The molecule has 0 aliphatic carbocycles. The van der Waals surface area contributed by atoms with Crippen LogP contribution in [0.4, 0.5) is 0 Å². The Morgan fingerprint density at radius 1 is 1.42 bits per heavy atom. The van der Waals surface area contributed by atoms with E-state index in [0.29, 0.717) is 5.75 Å². The van der Waals surface area contributed by atoms with Gasteiger partial charge in [-0.25, -0.2) is 0 Å². The van der Waals surface area contributed by atoms with Gasteiger partial charge in [0.2, 0.25) is 0 Å². The van der Waals surface area contributed by atoms with Gasteiger partial charge in [0.05, 0.1) is 0 Å². The second-order valence-corrected chi connectivity index (χ2v) is 2.74. The number of aromatic hydroxyl groups is 1. The van der Waals surface area contributed by atoms with Crippen LogP contribution in [0.15, 0.2) is 24.3 Å². The number of aryl methyl sites for hydroxylation is 1. The van der Waals surface area contributed by atoms with Gasteiger partial charge in [-0.2, -0.15) is 0 Å². The smallest absolute Gasteiger partial charge is 0.118 e. The third-order valence-corrected chi connectivity index (χ3v) is 1.84. The van der Waals surface area contributed by atoms with E-state index in [9.17, 15) is 5.11 Å². The molecule has 0 aliphatic rings. The molecule has 1 rings (SSSR count). The summed E-state index contributed by atoms with van der Waals surface area (Å²) in [5.74, 6) is 0.394. The van der Waals surface area contributed by atoms with Crippen LogP contribution in [0.1, 0.15) is 25.0 Å². The molecule has 1 aromatic rings. The van der Waals surface area contributed by atoms with Crippen LogP contribution in [-0.4, -0.2) is 5.11 Å². The summed E-state index contributed by atoms with van der Waals surface area (Å²) >= 11 is 0. The summed E-state index contributed by atoms with van der Waals surface area (Å²) < 4.78 is 0. The van der Waals surface area contributed by atoms with Crippen molar-refractivity contribution in [2.24, 2.45) is 0 Å². The summed E-state index contributed by atoms with van der Waals surface area (Å²) in [7, 11) is 0. The molecular formula is C11H14O. The first-order valence-electron chi connectivity index (χ1n) is 4.22. The van der Waals surface area contributed by atoms with Crippen molar-refractivity contribution in [3.8, 4) is 5.75 Å². The topological polar surface area (TPSA) is 20.2 Å². The number of phenolic OH excluding ortho intramolecular Hbond substituents is 1. The molecule has 0 saturated carbocycles. The predicted molar refractivity (Wildman–Crippen MR) is 52.2 cm³/mol. The van der Waals surface area contributed by atoms with Crippen LogP contribution in [0.2, 0.25) is 0 Å². The van der Waals surface area contributed by atoms with Gasteiger partial charge < -0.3 is 5.11 Å². The van der Waals surface area contributed by atoms with Gasteiger partial charge in [0.1, 0.15) is 5.75 Å². The van der Waals surface area contributed by atoms with Gasteiger partial charge >= 0.3 is 0 Å². The molecule has 12 heavy (non-hydrogen) atoms. The normalized spacial score (nSPS) is 10.8. The van der Waals surface area contributed by atoms with E-state index in [-0.39, 0.29) is 0 Å². The van der Waals surface area contributed by atoms with Gasteiger partial charge in [-0.3, -0.25) is 0 Å². The fourth-order valence-corrected chi connectivity index (χ4v) is 1.18. The molecule has 0 aromatic heterocycles. The van der Waals surface area contributed by atoms with Gasteiger partial charge in [-0.1, -0.05) is 25.1 Å². The maximum Gasteiger partial charge on any atom is 0.118 e. The van der Waals surface area contributed by atoms with Crippen molar-refractivity contribution in [3.05, 3.63) is 35.4 Å². The van der Waals surface area contributed by atoms with Crippen molar-refractivity contribution >= 4 is 6.08 Å². The summed E-state index contributed by atoms with van der Waals surface area (Å²) in [6, 6.07) is 5.66. The van der Waals surface area contributed by atoms with Gasteiger partial charge in [0, 0.05) is 0 Å². The Morgan fingerprint density at radius 2 is 2.17 bits per heavy atom. The molecule has 1 nitrogen and oxygen atoms in total. The predicted octanol–water partition coefficient (Wildman–Crippen LogP) is 2.99. The second-order valence-electron chi connectivity index (χ2n) is 2.74. The molecule has 0 spiro atoms. The van der Waals surface area contributed by atoms with Crippen molar-refractivity contribution in [3.63, 3.8) is 0 Å². The summed E-state index contributed by atoms with van der Waals surface area (Å²) in [4.78, 5) is 0. The van der Waals surface area contributed by atoms with Crippen molar-refractivity contribution < 1.29 is 5.11 Å². The third-order valence-electron chi connectivity index (χ3n) is 1.84. The highest BCUT2D eigenvalue weighted by atomic mass is 16.3. The highest BCUT2D eigenvalue weighted by molar-refractivity contribution is 5.52. The van der Waals surface area contributed by atoms with Gasteiger partial charge in [-0.15, -0.1) is 0 Å². The first kappa shape index (κ1) is 8.85. The summed E-state index contributed by atoms with van der Waals surface area (Å²) in [5.41, 5.74) is 2.15. The number of rotatable bonds is 2. The van der Waals surface area contributed by atoms with Crippen molar-refractivity contribution in [2.75, 3.05) is 0 Å². The van der Waals surface area contributed by atoms with E-state index in [0.717, 1.165) is 17.5 Å². The van der Waals surface area contributed by atoms with E-state index in [2.05, 4.69) is 0 Å². The number of phenols is 1. The van der Waals surface area contributed by atoms with Crippen molar-refractivity contribution in [1.29, 1.82) is 0 Å². The Morgan fingerprint density at radius 3 is 2.75 bits per heavy atom. The molecule has 64 valence electrons. The molecule has 0 bridgehead atoms. The maximum absolute atomic E-state index is 9.38. The summed E-state index contributed by atoms with van der Waals surface area (Å²) in [6.07, 6.45) is 4.89. The molecule has 0 aliphatic heterocycles. The fourth-order valence-electron chi connectivity index (χ4n) is 1.18. The minimum absolute atomic E-state index is 0.394. The molecule has 1 heteroatoms. The van der Waals surface area contributed by atoms with Crippen LogP contribution >= 0.6 is 0 Å². The minimum Gasteiger partial charge on any atom is -0.508 e. The Bertz CT molecular complexity index is 287. The molecule has 0 atom stereocenters.